The zero-order valence-corrected chi connectivity index (χ0v) is 20.5. The molecule has 142 valence electrons. The van der Waals surface area contributed by atoms with E-state index in [9.17, 15) is 0 Å². The Kier molecular flexibility index (Phi) is 8.20. The van der Waals surface area contributed by atoms with Crippen LogP contribution in [0, 0.1) is 11.8 Å². The number of halogens is 2. The third-order valence-corrected chi connectivity index (χ3v) is 8.70. The number of allylic oxidation sites excluding steroid dienone is 4. The van der Waals surface area contributed by atoms with Gasteiger partial charge in [0.25, 0.3) is 0 Å². The van der Waals surface area contributed by atoms with Crippen molar-refractivity contribution in [2.45, 2.75) is 71.5 Å². The summed E-state index contributed by atoms with van der Waals surface area (Å²) in [6, 6.07) is 0. The Morgan fingerprint density at radius 2 is 1.60 bits per heavy atom. The van der Waals surface area contributed by atoms with Gasteiger partial charge < -0.3 is 9.88 Å². The molecule has 0 N–H and O–H groups in total. The molecule has 0 spiro atoms. The molecule has 0 bridgehead atoms. The van der Waals surface area contributed by atoms with Crippen LogP contribution in [0.5, 0.6) is 0 Å². The summed E-state index contributed by atoms with van der Waals surface area (Å²) < 4.78 is 0. The Labute approximate surface area is 172 Å². The zero-order chi connectivity index (χ0) is 18.7. The van der Waals surface area contributed by atoms with E-state index in [0.717, 1.165) is 11.8 Å². The summed E-state index contributed by atoms with van der Waals surface area (Å²) in [4.78, 5) is 7.95. The van der Waals surface area contributed by atoms with Gasteiger partial charge in [0.1, 0.15) is 0 Å². The van der Waals surface area contributed by atoms with Gasteiger partial charge in [-0.05, 0) is 45.9 Å². The molecule has 2 aliphatic carbocycles. The molecular weight excluding hydrogens is 403 g/mol. The van der Waals surface area contributed by atoms with E-state index in [-0.39, 0.29) is 5.54 Å². The van der Waals surface area contributed by atoms with Crippen LogP contribution in [0.2, 0.25) is 13.1 Å². The number of likely N-dealkylation sites (tertiary alicyclic amines) is 1. The van der Waals surface area contributed by atoms with Crippen molar-refractivity contribution in [3.63, 3.8) is 0 Å². The fourth-order valence-electron chi connectivity index (χ4n) is 4.98. The molecule has 1 heterocycles. The molecule has 3 rings (SSSR count). The molecule has 1 saturated heterocycles. The van der Waals surface area contributed by atoms with E-state index in [1.165, 1.54) is 45.2 Å². The minimum absolute atomic E-state index is 0.0869. The number of fused-ring (bicyclic) bond motifs is 1. The fourth-order valence-corrected chi connectivity index (χ4v) is 8.53. The zero-order valence-electron chi connectivity index (χ0n) is 16.4. The topological polar surface area (TPSA) is 17.3 Å². The second-order valence-electron chi connectivity index (χ2n) is 8.96. The van der Waals surface area contributed by atoms with Gasteiger partial charge in [0, 0.05) is 24.7 Å². The van der Waals surface area contributed by atoms with Crippen LogP contribution in [0.1, 0.15) is 52.9 Å². The van der Waals surface area contributed by atoms with Gasteiger partial charge in [-0.15, -0.1) is 5.54 Å². The van der Waals surface area contributed by atoms with Gasteiger partial charge in [-0.25, -0.2) is 0 Å². The molecule has 6 heteroatoms. The van der Waals surface area contributed by atoms with Gasteiger partial charge in [0.05, 0.1) is 0 Å². The molecule has 2 atom stereocenters. The monoisotopic (exact) mass is 435 g/mol. The molecule has 2 unspecified atom stereocenters. The van der Waals surface area contributed by atoms with Gasteiger partial charge in [-0.2, -0.15) is 0 Å². The first-order chi connectivity index (χ1) is 11.7. The summed E-state index contributed by atoms with van der Waals surface area (Å²) >= 11 is -0.556. The van der Waals surface area contributed by atoms with E-state index in [2.05, 4.69) is 50.9 Å². The molecule has 25 heavy (non-hydrogen) atoms. The fraction of sp³-hybridized carbons (Fsp3) is 0.789. The number of hydrogen-bond acceptors (Lipinski definition) is 1. The first kappa shape index (κ1) is 22.0. The SMILES string of the molecule is CC(C)(C)[N-][Si](C)(C)C1=CC=C(N2CCCC2)C2CCCC12.[Cl][Ti][Cl]. The Morgan fingerprint density at radius 1 is 1.04 bits per heavy atom. The summed E-state index contributed by atoms with van der Waals surface area (Å²) in [6.45, 7) is 14.2. The summed E-state index contributed by atoms with van der Waals surface area (Å²) in [5.74, 6) is 1.58. The third kappa shape index (κ3) is 5.86. The second-order valence-corrected chi connectivity index (χ2v) is 15.5. The third-order valence-electron chi connectivity index (χ3n) is 5.52. The number of rotatable bonds is 3. The minimum atomic E-state index is -1.67. The average Bonchev–Trinajstić information content (AvgIpc) is 3.16. The maximum atomic E-state index is 5.28. The predicted molar refractivity (Wildman–Crippen MR) is 110 cm³/mol. The van der Waals surface area contributed by atoms with Gasteiger partial charge in [0.2, 0.25) is 0 Å². The van der Waals surface area contributed by atoms with E-state index in [0.29, 0.717) is 0 Å². The molecule has 3 aliphatic rings. The Balaban J connectivity index is 0.000000701. The molecule has 0 aromatic carbocycles. The Hall–Kier alpha value is 0.751. The molecule has 0 aromatic heterocycles. The average molecular weight is 436 g/mol. The molecule has 1 aliphatic heterocycles. The summed E-state index contributed by atoms with van der Waals surface area (Å²) in [5, 5.41) is 1.72. The summed E-state index contributed by atoms with van der Waals surface area (Å²) in [5.41, 5.74) is 1.74. The van der Waals surface area contributed by atoms with E-state index < -0.39 is 25.3 Å². The Morgan fingerprint density at radius 3 is 2.16 bits per heavy atom. The van der Waals surface area contributed by atoms with Crippen molar-refractivity contribution in [1.82, 2.24) is 4.90 Å². The van der Waals surface area contributed by atoms with Gasteiger partial charge in [0.15, 0.2) is 0 Å². The van der Waals surface area contributed by atoms with Crippen LogP contribution in [0.15, 0.2) is 23.0 Å². The van der Waals surface area contributed by atoms with Crippen molar-refractivity contribution >= 4 is 26.8 Å². The maximum absolute atomic E-state index is 5.28. The van der Waals surface area contributed by atoms with Crippen molar-refractivity contribution in [2.75, 3.05) is 13.1 Å². The standard InChI is InChI=1S/C19H33N2Si.2ClH.Ti/c1-19(2,3)20-22(4,5)18-12-11-17(21-13-6-7-14-21)15-9-8-10-16(15)18;;;/h11-12,15-16H,6-10,13-14H2,1-5H3;2*1H;/q-1;;;+2/p-2. The first-order valence-corrected chi connectivity index (χ1v) is 16.8. The summed E-state index contributed by atoms with van der Waals surface area (Å²) in [6.07, 6.45) is 11.9. The van der Waals surface area contributed by atoms with E-state index in [1.807, 2.05) is 0 Å². The predicted octanol–water partition coefficient (Wildman–Crippen LogP) is 6.62. The van der Waals surface area contributed by atoms with E-state index in [4.69, 9.17) is 23.6 Å². The van der Waals surface area contributed by atoms with Crippen LogP contribution in [-0.4, -0.2) is 31.8 Å². The van der Waals surface area contributed by atoms with Crippen LogP contribution in [0.3, 0.4) is 0 Å². The van der Waals surface area contributed by atoms with Crippen molar-refractivity contribution < 1.29 is 17.0 Å². The quantitative estimate of drug-likeness (QED) is 0.455. The van der Waals surface area contributed by atoms with Crippen LogP contribution in [0.25, 0.3) is 4.98 Å². The van der Waals surface area contributed by atoms with Crippen molar-refractivity contribution in [2.24, 2.45) is 11.8 Å². The van der Waals surface area contributed by atoms with Crippen molar-refractivity contribution in [3.8, 4) is 0 Å². The number of hydrogen-bond donors (Lipinski definition) is 0. The van der Waals surface area contributed by atoms with Crippen LogP contribution >= 0.6 is 18.6 Å². The molecule has 2 nitrogen and oxygen atoms in total. The van der Waals surface area contributed by atoms with Crippen LogP contribution < -0.4 is 0 Å². The van der Waals surface area contributed by atoms with E-state index >= 15 is 0 Å². The summed E-state index contributed by atoms with van der Waals surface area (Å²) in [7, 11) is 8.11. The van der Waals surface area contributed by atoms with Crippen molar-refractivity contribution in [1.29, 1.82) is 0 Å². The number of nitrogens with zero attached hydrogens (tertiary/aromatic N) is 2. The van der Waals surface area contributed by atoms with Gasteiger partial charge in [-0.1, -0.05) is 51.6 Å². The molecule has 0 radical (unpaired) electrons. The second kappa shape index (κ2) is 9.30. The molecule has 1 saturated carbocycles. The normalized spacial score (nSPS) is 26.4. The molecular formula is C19H33Cl2N2SiTi-. The van der Waals surface area contributed by atoms with E-state index in [1.54, 1.807) is 10.9 Å². The van der Waals surface area contributed by atoms with Crippen molar-refractivity contribution in [3.05, 3.63) is 28.0 Å². The molecule has 0 amide bonds. The van der Waals surface area contributed by atoms with Gasteiger partial charge >= 0.3 is 35.6 Å². The van der Waals surface area contributed by atoms with Gasteiger partial charge in [-0.3, -0.25) is 0 Å². The van der Waals surface area contributed by atoms with Crippen LogP contribution in [-0.2, 0) is 17.0 Å². The van der Waals surface area contributed by atoms with Crippen LogP contribution in [0.4, 0.5) is 0 Å². The molecule has 0 aromatic rings. The first-order valence-electron chi connectivity index (χ1n) is 9.57. The molecule has 2 fully saturated rings. The Bertz CT molecular complexity index is 508.